The topological polar surface area (TPSA) is 85.4 Å². The molecule has 4 rings (SSSR count). The lowest BCUT2D eigenvalue weighted by atomic mass is 10.1. The van der Waals surface area contributed by atoms with E-state index in [0.717, 1.165) is 33.8 Å². The molecule has 8 heteroatoms. The van der Waals surface area contributed by atoms with Gasteiger partial charge in [-0.3, -0.25) is 24.6 Å². The van der Waals surface area contributed by atoms with Crippen molar-refractivity contribution >= 4 is 45.6 Å². The summed E-state index contributed by atoms with van der Waals surface area (Å²) in [6, 6.07) is 14.3. The van der Waals surface area contributed by atoms with Crippen molar-refractivity contribution in [3.63, 3.8) is 0 Å². The highest BCUT2D eigenvalue weighted by Crippen LogP contribution is 2.34. The Labute approximate surface area is 170 Å². The maximum absolute atomic E-state index is 12.4. The zero-order chi connectivity index (χ0) is 20.5. The Bertz CT molecular complexity index is 1180. The van der Waals surface area contributed by atoms with E-state index < -0.39 is 4.92 Å². The molecule has 1 saturated heterocycles. The van der Waals surface area contributed by atoms with E-state index in [1.54, 1.807) is 25.1 Å². The molecular formula is C21H17N3O4S. The van der Waals surface area contributed by atoms with Crippen LogP contribution in [0.5, 0.6) is 0 Å². The number of nitrogens with zero attached hydrogens (tertiary/aromatic N) is 3. The molecule has 0 spiro atoms. The second kappa shape index (κ2) is 7.56. The van der Waals surface area contributed by atoms with Crippen LogP contribution in [0.3, 0.4) is 0 Å². The van der Waals surface area contributed by atoms with E-state index >= 15 is 0 Å². The number of hydrogen-bond donors (Lipinski definition) is 0. The first kappa shape index (κ1) is 18.9. The highest BCUT2D eigenvalue weighted by atomic mass is 32.2. The van der Waals surface area contributed by atoms with Crippen LogP contribution in [0.15, 0.2) is 59.6 Å². The smallest absolute Gasteiger partial charge is 0.293 e. The van der Waals surface area contributed by atoms with Gasteiger partial charge in [0.2, 0.25) is 0 Å². The number of para-hydroxylation sites is 1. The second-order valence-electron chi connectivity index (χ2n) is 6.58. The minimum Gasteiger partial charge on any atom is -0.342 e. The maximum atomic E-state index is 12.4. The Morgan fingerprint density at radius 2 is 1.93 bits per heavy atom. The van der Waals surface area contributed by atoms with Crippen LogP contribution >= 0.6 is 11.8 Å². The molecule has 2 amide bonds. The van der Waals surface area contributed by atoms with Crippen molar-refractivity contribution in [1.29, 1.82) is 0 Å². The summed E-state index contributed by atoms with van der Waals surface area (Å²) in [6.07, 6.45) is 3.65. The molecule has 0 N–H and O–H groups in total. The van der Waals surface area contributed by atoms with Gasteiger partial charge in [0.15, 0.2) is 0 Å². The van der Waals surface area contributed by atoms with Crippen LogP contribution in [-0.2, 0) is 11.3 Å². The molecule has 0 saturated carbocycles. The fraction of sp³-hybridized carbons (Fsp3) is 0.143. The van der Waals surface area contributed by atoms with Crippen LogP contribution in [0.25, 0.3) is 17.0 Å². The van der Waals surface area contributed by atoms with Crippen LogP contribution in [0.2, 0.25) is 0 Å². The minimum absolute atomic E-state index is 0.0485. The molecule has 0 radical (unpaired) electrons. The molecule has 146 valence electrons. The van der Waals surface area contributed by atoms with Gasteiger partial charge in [-0.05, 0) is 36.4 Å². The van der Waals surface area contributed by atoms with Crippen LogP contribution in [0.1, 0.15) is 18.1 Å². The van der Waals surface area contributed by atoms with Gasteiger partial charge >= 0.3 is 0 Å². The molecule has 1 aliphatic heterocycles. The number of hydrogen-bond acceptors (Lipinski definition) is 5. The van der Waals surface area contributed by atoms with E-state index in [9.17, 15) is 19.7 Å². The van der Waals surface area contributed by atoms with E-state index in [0.29, 0.717) is 18.0 Å². The van der Waals surface area contributed by atoms with Crippen molar-refractivity contribution < 1.29 is 14.5 Å². The minimum atomic E-state index is -0.410. The molecule has 1 aliphatic rings. The third-order valence-corrected chi connectivity index (χ3v) is 5.68. The van der Waals surface area contributed by atoms with Gasteiger partial charge in [0.25, 0.3) is 16.8 Å². The lowest BCUT2D eigenvalue weighted by molar-refractivity contribution is -0.384. The van der Waals surface area contributed by atoms with Gasteiger partial charge in [-0.25, -0.2) is 0 Å². The number of carbonyl (C=O) groups excluding carboxylic acids is 2. The van der Waals surface area contributed by atoms with Crippen molar-refractivity contribution in [1.82, 2.24) is 9.47 Å². The lowest BCUT2D eigenvalue weighted by Gasteiger charge is -2.06. The van der Waals surface area contributed by atoms with E-state index in [2.05, 4.69) is 0 Å². The van der Waals surface area contributed by atoms with Crippen molar-refractivity contribution in [3.8, 4) is 0 Å². The van der Waals surface area contributed by atoms with Crippen molar-refractivity contribution in [2.75, 3.05) is 6.54 Å². The summed E-state index contributed by atoms with van der Waals surface area (Å²) in [4.78, 5) is 36.7. The molecule has 29 heavy (non-hydrogen) atoms. The van der Waals surface area contributed by atoms with E-state index in [1.165, 1.54) is 11.0 Å². The van der Waals surface area contributed by atoms with Gasteiger partial charge < -0.3 is 4.57 Å². The largest absolute Gasteiger partial charge is 0.342 e. The Hall–Kier alpha value is -3.39. The first-order valence-corrected chi connectivity index (χ1v) is 9.86. The average molecular weight is 407 g/mol. The third-order valence-electron chi connectivity index (χ3n) is 4.77. The molecule has 0 bridgehead atoms. The molecule has 3 aromatic rings. The summed E-state index contributed by atoms with van der Waals surface area (Å²) in [7, 11) is 0. The summed E-state index contributed by atoms with van der Waals surface area (Å²) < 4.78 is 1.99. The number of fused-ring (bicyclic) bond motifs is 1. The van der Waals surface area contributed by atoms with Gasteiger partial charge in [0.05, 0.1) is 9.83 Å². The quantitative estimate of drug-likeness (QED) is 0.349. The molecule has 1 aromatic heterocycles. The van der Waals surface area contributed by atoms with Crippen LogP contribution in [0, 0.1) is 10.1 Å². The number of benzene rings is 2. The lowest BCUT2D eigenvalue weighted by Crippen LogP contribution is -2.27. The number of nitro groups is 1. The van der Waals surface area contributed by atoms with Gasteiger partial charge in [-0.2, -0.15) is 0 Å². The Balaban J connectivity index is 1.74. The van der Waals surface area contributed by atoms with E-state index in [-0.39, 0.29) is 16.8 Å². The average Bonchev–Trinajstić information content (AvgIpc) is 3.19. The van der Waals surface area contributed by atoms with E-state index in [1.807, 2.05) is 41.1 Å². The number of rotatable bonds is 5. The summed E-state index contributed by atoms with van der Waals surface area (Å²) in [6.45, 7) is 2.56. The van der Waals surface area contributed by atoms with Gasteiger partial charge in [0.1, 0.15) is 0 Å². The van der Waals surface area contributed by atoms with Crippen molar-refractivity contribution in [3.05, 3.63) is 80.9 Å². The number of imide groups is 1. The van der Waals surface area contributed by atoms with Gasteiger partial charge in [-0.15, -0.1) is 0 Å². The monoisotopic (exact) mass is 407 g/mol. The molecule has 0 aliphatic carbocycles. The standard InChI is InChI=1S/C21H17N3O4S/c1-2-23-20(25)19(29-21(23)26)11-15-13-22(18-9-4-3-8-17(15)18)12-14-6-5-7-16(10-14)24(27)28/h3-11,13H,2,12H2,1H3/b19-11+. The highest BCUT2D eigenvalue weighted by Gasteiger charge is 2.33. The molecule has 2 heterocycles. The predicted octanol–water partition coefficient (Wildman–Crippen LogP) is 4.65. The normalized spacial score (nSPS) is 15.6. The molecular weight excluding hydrogens is 390 g/mol. The van der Waals surface area contributed by atoms with Gasteiger partial charge in [-0.1, -0.05) is 30.3 Å². The second-order valence-corrected chi connectivity index (χ2v) is 7.58. The molecule has 0 unspecified atom stereocenters. The Morgan fingerprint density at radius 1 is 1.14 bits per heavy atom. The SMILES string of the molecule is CCN1C(=O)S/C(=C/c2cn(Cc3cccc([N+](=O)[O-])c3)c3ccccc23)C1=O. The fourth-order valence-corrected chi connectivity index (χ4v) is 4.29. The summed E-state index contributed by atoms with van der Waals surface area (Å²) in [5.74, 6) is -0.280. The maximum Gasteiger partial charge on any atom is 0.293 e. The number of amides is 2. The summed E-state index contributed by atoms with van der Waals surface area (Å²) in [5, 5.41) is 11.7. The van der Waals surface area contributed by atoms with Crippen molar-refractivity contribution in [2.24, 2.45) is 0 Å². The highest BCUT2D eigenvalue weighted by molar-refractivity contribution is 8.18. The Morgan fingerprint density at radius 3 is 2.66 bits per heavy atom. The summed E-state index contributed by atoms with van der Waals surface area (Å²) >= 11 is 0.942. The molecule has 2 aromatic carbocycles. The number of nitro benzene ring substituents is 1. The van der Waals surface area contributed by atoms with E-state index in [4.69, 9.17) is 0 Å². The number of likely N-dealkylation sites (N-methyl/N-ethyl adjacent to an activating group) is 1. The Kier molecular flexibility index (Phi) is 4.94. The summed E-state index contributed by atoms with van der Waals surface area (Å²) in [5.41, 5.74) is 2.62. The predicted molar refractivity (Wildman–Crippen MR) is 112 cm³/mol. The number of thioether (sulfide) groups is 1. The number of non-ortho nitro benzene ring substituents is 1. The third kappa shape index (κ3) is 3.54. The van der Waals surface area contributed by atoms with Crippen molar-refractivity contribution in [2.45, 2.75) is 13.5 Å². The molecule has 7 nitrogen and oxygen atoms in total. The zero-order valence-corrected chi connectivity index (χ0v) is 16.4. The van der Waals surface area contributed by atoms with Crippen LogP contribution < -0.4 is 0 Å². The molecule has 0 atom stereocenters. The van der Waals surface area contributed by atoms with Gasteiger partial charge in [0, 0.05) is 47.9 Å². The first-order valence-electron chi connectivity index (χ1n) is 9.04. The fourth-order valence-electron chi connectivity index (χ4n) is 3.40. The molecule has 1 fully saturated rings. The van der Waals surface area contributed by atoms with Crippen LogP contribution in [0.4, 0.5) is 10.5 Å². The first-order chi connectivity index (χ1) is 14.0. The zero-order valence-electron chi connectivity index (χ0n) is 15.6. The number of carbonyl (C=O) groups is 2. The number of aromatic nitrogens is 1. The van der Waals surface area contributed by atoms with Crippen LogP contribution in [-0.4, -0.2) is 32.1 Å².